The molecule has 0 bridgehead atoms. The maximum atomic E-state index is 11.6. The minimum Gasteiger partial charge on any atom is -0.480 e. The molecule has 2 aliphatic rings. The molecule has 1 unspecified atom stereocenters. The molecule has 16 nitrogen and oxygen atoms in total. The van der Waals surface area contributed by atoms with Crippen LogP contribution in [-0.2, 0) is 28.7 Å². The van der Waals surface area contributed by atoms with Crippen molar-refractivity contribution in [3.05, 3.63) is 29.8 Å². The number of carboxylic acids is 3. The van der Waals surface area contributed by atoms with Gasteiger partial charge in [0.1, 0.15) is 0 Å². The summed E-state index contributed by atoms with van der Waals surface area (Å²) in [6.07, 6.45) is -0.604. The van der Waals surface area contributed by atoms with Gasteiger partial charge < -0.3 is 35.8 Å². The second-order valence-corrected chi connectivity index (χ2v) is 11.8. The fraction of sp³-hybridized carbons (Fsp3) is 0.586. The number of aliphatic hydroxyl groups excluding tert-OH is 1. The van der Waals surface area contributed by atoms with E-state index in [1.54, 1.807) is 39.0 Å². The molecule has 0 aromatic heterocycles. The monoisotopic (exact) mass is 824 g/mol. The Morgan fingerprint density at radius 2 is 1.17 bits per heavy atom. The first kappa shape index (κ1) is 40.8. The van der Waals surface area contributed by atoms with Crippen LogP contribution in [0.3, 0.4) is 0 Å². The second kappa shape index (κ2) is 20.8. The first-order chi connectivity index (χ1) is 21.9. The third kappa shape index (κ3) is 16.0. The minimum absolute atomic E-state index is 0. The van der Waals surface area contributed by atoms with Gasteiger partial charge in [-0.15, -0.1) is 0 Å². The zero-order valence-corrected chi connectivity index (χ0v) is 28.9. The summed E-state index contributed by atoms with van der Waals surface area (Å²) in [5.74, 6) is -4.37. The van der Waals surface area contributed by atoms with Crippen molar-refractivity contribution < 1.29 is 89.1 Å². The number of thiocarbonyl (C=S) groups is 1. The molecule has 0 saturated carbocycles. The molecule has 2 heterocycles. The molecule has 0 radical (unpaired) electrons. The average Bonchev–Trinajstić information content (AvgIpc) is 2.96. The van der Waals surface area contributed by atoms with Gasteiger partial charge in [0.15, 0.2) is 5.11 Å². The number of anilines is 1. The molecule has 0 spiro atoms. The van der Waals surface area contributed by atoms with Crippen LogP contribution in [0.5, 0.6) is 0 Å². The summed E-state index contributed by atoms with van der Waals surface area (Å²) in [6.45, 7) is 2.32. The Bertz CT molecular complexity index is 1190. The van der Waals surface area contributed by atoms with Crippen LogP contribution >= 0.6 is 12.2 Å². The van der Waals surface area contributed by atoms with Crippen LogP contribution in [0.1, 0.15) is 24.3 Å². The Kier molecular flexibility index (Phi) is 18.1. The number of cyclic esters (lactones) is 2. The molecule has 0 amide bonds. The van der Waals surface area contributed by atoms with Crippen LogP contribution in [0.2, 0.25) is 0 Å². The Morgan fingerprint density at radius 3 is 1.57 bits per heavy atom. The van der Waals surface area contributed by atoms with E-state index in [0.717, 1.165) is 5.56 Å². The number of nitrogens with one attached hydrogen (secondary N) is 2. The van der Waals surface area contributed by atoms with E-state index < -0.39 is 36.0 Å². The fourth-order valence-electron chi connectivity index (χ4n) is 5.32. The number of ether oxygens (including phenoxy) is 1. The number of hydrogen-bond acceptors (Lipinski definition) is 12. The van der Waals surface area contributed by atoms with Gasteiger partial charge in [0.25, 0.3) is 0 Å². The number of nitrogens with zero attached hydrogens (tertiary/aromatic N) is 4. The van der Waals surface area contributed by atoms with E-state index in [2.05, 4.69) is 15.4 Å². The summed E-state index contributed by atoms with van der Waals surface area (Å²) in [4.78, 5) is 64.5. The standard InChI is InChI=1S/C29H42N6O10S.Gd/c36-23(15-30-29(46)31-22-3-1-20(2-4-22)21-13-27(43)45-28(44)14-21)16-32-5-7-33(17-24(37)38)9-11-35(19-26(41)42)12-10-34(8-6-32)18-25(39)40;/h1-4,21,23,36H,5-19H2,(H,37,38)(H,39,40)(H,41,42)(H2,30,31,46);. The van der Waals surface area contributed by atoms with E-state index in [-0.39, 0.29) is 96.5 Å². The zero-order valence-electron chi connectivity index (χ0n) is 25.9. The van der Waals surface area contributed by atoms with Gasteiger partial charge in [0.2, 0.25) is 0 Å². The largest absolute Gasteiger partial charge is 0.480 e. The number of benzene rings is 1. The predicted octanol–water partition coefficient (Wildman–Crippen LogP) is -1.24. The number of esters is 2. The number of aliphatic carboxylic acids is 3. The van der Waals surface area contributed by atoms with E-state index >= 15 is 0 Å². The van der Waals surface area contributed by atoms with Crippen LogP contribution in [-0.4, -0.2) is 166 Å². The van der Waals surface area contributed by atoms with Gasteiger partial charge in [-0.1, -0.05) is 12.1 Å². The summed E-state index contributed by atoms with van der Waals surface area (Å²) >= 11 is 5.38. The van der Waals surface area contributed by atoms with Gasteiger partial charge in [-0.3, -0.25) is 43.6 Å². The Labute approximate surface area is 310 Å². The van der Waals surface area contributed by atoms with E-state index in [9.17, 15) is 44.4 Å². The van der Waals surface area contributed by atoms with E-state index in [1.807, 2.05) is 4.90 Å². The van der Waals surface area contributed by atoms with Gasteiger partial charge in [-0.2, -0.15) is 0 Å². The van der Waals surface area contributed by atoms with E-state index in [4.69, 9.17) is 12.2 Å². The number of carbonyl (C=O) groups is 5. The van der Waals surface area contributed by atoms with Crippen molar-refractivity contribution in [3.8, 4) is 0 Å². The molecule has 2 aliphatic heterocycles. The third-order valence-corrected chi connectivity index (χ3v) is 7.91. The molecule has 1 aromatic carbocycles. The minimum atomic E-state index is -1.02. The molecular weight excluding hydrogens is 782 g/mol. The molecule has 1 atom stereocenters. The number of aliphatic hydroxyl groups is 1. The van der Waals surface area contributed by atoms with E-state index in [1.165, 1.54) is 0 Å². The molecule has 18 heteroatoms. The summed E-state index contributed by atoms with van der Waals surface area (Å²) in [6, 6.07) is 7.15. The van der Waals surface area contributed by atoms with Gasteiger partial charge in [0, 0.05) is 117 Å². The maximum Gasteiger partial charge on any atom is 0.317 e. The van der Waals surface area contributed by atoms with Crippen LogP contribution < -0.4 is 10.6 Å². The van der Waals surface area contributed by atoms with Gasteiger partial charge >= 0.3 is 29.8 Å². The normalized spacial score (nSPS) is 18.9. The third-order valence-electron chi connectivity index (χ3n) is 7.67. The second-order valence-electron chi connectivity index (χ2n) is 11.4. The smallest absolute Gasteiger partial charge is 0.317 e. The summed E-state index contributed by atoms with van der Waals surface area (Å²) in [5.41, 5.74) is 1.50. The van der Waals surface area contributed by atoms with Gasteiger partial charge in [-0.05, 0) is 29.9 Å². The molecule has 3 rings (SSSR count). The average molecular weight is 824 g/mol. The molecule has 6 N–H and O–H groups in total. The number of carboxylic acid groups (broad SMARTS) is 3. The predicted molar refractivity (Wildman–Crippen MR) is 168 cm³/mol. The van der Waals surface area contributed by atoms with Gasteiger partial charge in [0.05, 0.1) is 38.6 Å². The zero-order chi connectivity index (χ0) is 33.6. The Balaban J connectivity index is 0.00000768. The van der Waals surface area contributed by atoms with Crippen LogP contribution in [0, 0.1) is 39.9 Å². The van der Waals surface area contributed by atoms with Crippen LogP contribution in [0.25, 0.3) is 0 Å². The van der Waals surface area contributed by atoms with Crippen molar-refractivity contribution in [1.82, 2.24) is 24.9 Å². The molecule has 0 aliphatic carbocycles. The van der Waals surface area contributed by atoms with Crippen LogP contribution in [0.15, 0.2) is 24.3 Å². The fourth-order valence-corrected chi connectivity index (χ4v) is 5.52. The van der Waals surface area contributed by atoms with E-state index in [0.29, 0.717) is 58.0 Å². The molecule has 2 saturated heterocycles. The first-order valence-corrected chi connectivity index (χ1v) is 15.4. The van der Waals surface area contributed by atoms with Crippen molar-refractivity contribution in [2.75, 3.05) is 90.4 Å². The van der Waals surface area contributed by atoms with Crippen molar-refractivity contribution in [2.45, 2.75) is 24.9 Å². The van der Waals surface area contributed by atoms with Crippen molar-refractivity contribution in [3.63, 3.8) is 0 Å². The quantitative estimate of drug-likeness (QED) is 0.0827. The SMILES string of the molecule is O=C(O)CN1CCN(CC(=O)O)CCN(CC(O)CNC(=S)Nc2ccc(C3CC(=O)OC(=O)C3)cc2)CCN(CC(=O)O)CC1.[Gd]. The Hall–Kier alpha value is -2.42. The van der Waals surface area contributed by atoms with Crippen molar-refractivity contribution >= 4 is 52.9 Å². The summed E-state index contributed by atoms with van der Waals surface area (Å²) in [7, 11) is 0. The van der Waals surface area contributed by atoms with Crippen molar-refractivity contribution in [2.24, 2.45) is 0 Å². The molecule has 262 valence electrons. The number of carbonyl (C=O) groups excluding carboxylic acids is 2. The number of rotatable bonds is 12. The number of hydrogen-bond donors (Lipinski definition) is 6. The maximum absolute atomic E-state index is 11.6. The van der Waals surface area contributed by atoms with Crippen molar-refractivity contribution in [1.29, 1.82) is 0 Å². The molecule has 1 aromatic rings. The summed E-state index contributed by atoms with van der Waals surface area (Å²) in [5, 5.41) is 45.2. The molecule has 47 heavy (non-hydrogen) atoms. The molecule has 2 fully saturated rings. The number of β-amino-alcohol motifs (C(OH)–C–C–N with tert-alkyl or cyclic N) is 1. The molecular formula is C29H42GdN6O10S. The summed E-state index contributed by atoms with van der Waals surface area (Å²) < 4.78 is 4.59. The Morgan fingerprint density at radius 1 is 0.766 bits per heavy atom. The van der Waals surface area contributed by atoms with Crippen LogP contribution in [0.4, 0.5) is 5.69 Å². The van der Waals surface area contributed by atoms with Gasteiger partial charge in [-0.25, -0.2) is 0 Å². The first-order valence-electron chi connectivity index (χ1n) is 15.0. The topological polar surface area (TPSA) is 213 Å².